The van der Waals surface area contributed by atoms with Gasteiger partial charge in [-0.15, -0.1) is 0 Å². The maximum absolute atomic E-state index is 4.50. The van der Waals surface area contributed by atoms with Gasteiger partial charge in [-0.25, -0.2) is 0 Å². The van der Waals surface area contributed by atoms with Gasteiger partial charge in [0.2, 0.25) is 0 Å². The Labute approximate surface area is 151 Å². The van der Waals surface area contributed by atoms with Crippen molar-refractivity contribution in [1.82, 2.24) is 0 Å². The summed E-state index contributed by atoms with van der Waals surface area (Å²) in [4.78, 5) is 2.30. The zero-order valence-electron chi connectivity index (χ0n) is 14.5. The SMILES string of the molecule is CC.CC.CC.CN.CN1CCc2ccccc21.II. The molecule has 2 nitrogen and oxygen atoms in total. The van der Waals surface area contributed by atoms with E-state index in [4.69, 9.17) is 0 Å². The molecule has 0 spiro atoms. The van der Waals surface area contributed by atoms with Crippen molar-refractivity contribution < 1.29 is 0 Å². The molecule has 122 valence electrons. The highest BCUT2D eigenvalue weighted by molar-refractivity contribution is 15.0. The first-order valence-corrected chi connectivity index (χ1v) is 13.7. The van der Waals surface area contributed by atoms with Crippen LogP contribution in [0.4, 0.5) is 5.69 Å². The number of benzene rings is 1. The maximum atomic E-state index is 4.50. The molecule has 2 N–H and O–H groups in total. The van der Waals surface area contributed by atoms with Crippen LogP contribution in [-0.4, -0.2) is 20.6 Å². The highest BCUT2D eigenvalue weighted by Gasteiger charge is 2.12. The zero-order valence-corrected chi connectivity index (χ0v) is 18.8. The smallest absolute Gasteiger partial charge is 0.0396 e. The van der Waals surface area contributed by atoms with Crippen LogP contribution in [0.15, 0.2) is 24.3 Å². The molecule has 0 bridgehead atoms. The normalized spacial score (nSPS) is 9.25. The second-order valence-electron chi connectivity index (χ2n) is 2.80. The highest BCUT2D eigenvalue weighted by Crippen LogP contribution is 2.25. The molecule has 0 saturated carbocycles. The molecule has 1 aliphatic heterocycles. The lowest BCUT2D eigenvalue weighted by Crippen LogP contribution is -2.12. The molecule has 2 rings (SSSR count). The molecule has 0 fully saturated rings. The number of para-hydroxylation sites is 1. The van der Waals surface area contributed by atoms with Gasteiger partial charge in [-0.1, -0.05) is 59.7 Å². The number of fused-ring (bicyclic) bond motifs is 1. The third-order valence-corrected chi connectivity index (χ3v) is 2.12. The Bertz CT molecular complexity index is 256. The Balaban J connectivity index is -0.000000110. The van der Waals surface area contributed by atoms with Gasteiger partial charge in [0, 0.05) is 56.5 Å². The van der Waals surface area contributed by atoms with Crippen molar-refractivity contribution >= 4 is 42.9 Å². The summed E-state index contributed by atoms with van der Waals surface area (Å²) in [5.74, 6) is 0. The van der Waals surface area contributed by atoms with Gasteiger partial charge in [0.15, 0.2) is 0 Å². The van der Waals surface area contributed by atoms with E-state index in [0.717, 1.165) is 0 Å². The number of halogens is 2. The molecule has 0 unspecified atom stereocenters. The lowest BCUT2D eigenvalue weighted by atomic mass is 10.2. The molecule has 1 aromatic carbocycles. The van der Waals surface area contributed by atoms with Crippen molar-refractivity contribution in [2.75, 3.05) is 25.5 Å². The number of hydrogen-bond donors (Lipinski definition) is 1. The fourth-order valence-electron chi connectivity index (χ4n) is 1.50. The number of nitrogens with two attached hydrogens (primary N) is 1. The van der Waals surface area contributed by atoms with E-state index in [1.807, 2.05) is 41.5 Å². The molecule has 0 atom stereocenters. The van der Waals surface area contributed by atoms with E-state index in [-0.39, 0.29) is 0 Å². The van der Waals surface area contributed by atoms with Crippen molar-refractivity contribution in [3.05, 3.63) is 29.8 Å². The van der Waals surface area contributed by atoms with Gasteiger partial charge in [0.25, 0.3) is 0 Å². The lowest BCUT2D eigenvalue weighted by molar-refractivity contribution is 0.956. The van der Waals surface area contributed by atoms with Crippen LogP contribution in [0.3, 0.4) is 0 Å². The monoisotopic (exact) mass is 508 g/mol. The minimum atomic E-state index is 1.18. The van der Waals surface area contributed by atoms with E-state index in [9.17, 15) is 0 Å². The molecule has 0 radical (unpaired) electrons. The van der Waals surface area contributed by atoms with Gasteiger partial charge < -0.3 is 10.6 Å². The minimum absolute atomic E-state index is 1.18. The molecule has 20 heavy (non-hydrogen) atoms. The third-order valence-electron chi connectivity index (χ3n) is 2.12. The summed E-state index contributed by atoms with van der Waals surface area (Å²) in [5.41, 5.74) is 7.40. The summed E-state index contributed by atoms with van der Waals surface area (Å²) in [6, 6.07) is 8.60. The predicted octanol–water partition coefficient (Wildman–Crippen LogP) is 6.10. The molecule has 4 heteroatoms. The summed E-state index contributed by atoms with van der Waals surface area (Å²) in [6.45, 7) is 13.2. The number of hydrogen-bond acceptors (Lipinski definition) is 2. The second-order valence-corrected chi connectivity index (χ2v) is 2.80. The Kier molecular flexibility index (Phi) is 39.6. The quantitative estimate of drug-likeness (QED) is 0.429. The second kappa shape index (κ2) is 27.7. The molecule has 1 aromatic rings. The number of likely N-dealkylation sites (N-methyl/N-ethyl adjacent to an activating group) is 1. The third kappa shape index (κ3) is 13.4. The average molecular weight is 508 g/mol. The van der Waals surface area contributed by atoms with E-state index in [1.54, 1.807) is 0 Å². The minimum Gasteiger partial charge on any atom is -0.374 e. The first kappa shape index (κ1) is 28.6. The largest absolute Gasteiger partial charge is 0.374 e. The first-order valence-electron chi connectivity index (χ1n) is 7.39. The standard InChI is InChI=1S/C9H11N.3C2H6.CH5N.I2/c1-10-7-6-8-4-2-3-5-9(8)10;5*1-2/h2-5H,6-7H2,1H3;3*1-2H3;2H2,1H3;. The summed E-state index contributed by atoms with van der Waals surface area (Å²) in [7, 11) is 3.64. The van der Waals surface area contributed by atoms with Gasteiger partial charge in [-0.3, -0.25) is 0 Å². The number of rotatable bonds is 0. The molecule has 1 aliphatic rings. The highest BCUT2D eigenvalue weighted by atomic mass is 128. The van der Waals surface area contributed by atoms with Gasteiger partial charge in [0.05, 0.1) is 0 Å². The lowest BCUT2D eigenvalue weighted by Gasteiger charge is -2.10. The van der Waals surface area contributed by atoms with Gasteiger partial charge in [0.1, 0.15) is 0 Å². The van der Waals surface area contributed by atoms with Crippen LogP contribution in [0.1, 0.15) is 47.1 Å². The van der Waals surface area contributed by atoms with E-state index in [0.29, 0.717) is 0 Å². The van der Waals surface area contributed by atoms with Gasteiger partial charge >= 0.3 is 0 Å². The summed E-state index contributed by atoms with van der Waals surface area (Å²) in [5, 5.41) is 0. The van der Waals surface area contributed by atoms with Crippen LogP contribution < -0.4 is 10.6 Å². The molecular formula is C16H34I2N2. The van der Waals surface area contributed by atoms with E-state index >= 15 is 0 Å². The number of nitrogens with zero attached hydrogens (tertiary/aromatic N) is 1. The zero-order chi connectivity index (χ0) is 17.0. The van der Waals surface area contributed by atoms with Gasteiger partial charge in [-0.2, -0.15) is 0 Å². The molecule has 0 aromatic heterocycles. The van der Waals surface area contributed by atoms with Crippen molar-refractivity contribution in [2.24, 2.45) is 5.73 Å². The van der Waals surface area contributed by atoms with Crippen molar-refractivity contribution in [3.63, 3.8) is 0 Å². The topological polar surface area (TPSA) is 29.3 Å². The van der Waals surface area contributed by atoms with E-state index < -0.39 is 0 Å². The fourth-order valence-corrected chi connectivity index (χ4v) is 1.50. The van der Waals surface area contributed by atoms with Crippen LogP contribution in [0.5, 0.6) is 0 Å². The fraction of sp³-hybridized carbons (Fsp3) is 0.625. The van der Waals surface area contributed by atoms with Crippen LogP contribution >= 0.6 is 37.2 Å². The Hall–Kier alpha value is 0.440. The molecular weight excluding hydrogens is 474 g/mol. The van der Waals surface area contributed by atoms with Crippen LogP contribution in [0.25, 0.3) is 0 Å². The first-order chi connectivity index (χ1) is 9.88. The summed E-state index contributed by atoms with van der Waals surface area (Å²) >= 11 is 4.24. The van der Waals surface area contributed by atoms with Crippen molar-refractivity contribution in [2.45, 2.75) is 48.0 Å². The average Bonchev–Trinajstić information content (AvgIpc) is 2.99. The van der Waals surface area contributed by atoms with Gasteiger partial charge in [-0.05, 0) is 25.1 Å². The number of anilines is 1. The Morgan fingerprint density at radius 2 is 1.30 bits per heavy atom. The molecule has 0 saturated heterocycles. The van der Waals surface area contributed by atoms with Crippen LogP contribution in [0, 0.1) is 0 Å². The van der Waals surface area contributed by atoms with Crippen molar-refractivity contribution in [1.29, 1.82) is 0 Å². The van der Waals surface area contributed by atoms with Crippen molar-refractivity contribution in [3.8, 4) is 0 Å². The maximum Gasteiger partial charge on any atom is 0.0396 e. The Morgan fingerprint density at radius 1 is 0.900 bits per heavy atom. The van der Waals surface area contributed by atoms with E-state index in [2.05, 4.69) is 79.2 Å². The summed E-state index contributed by atoms with van der Waals surface area (Å²) in [6.07, 6.45) is 1.21. The molecule has 0 aliphatic carbocycles. The summed E-state index contributed by atoms with van der Waals surface area (Å²) < 4.78 is 0. The predicted molar refractivity (Wildman–Crippen MR) is 116 cm³/mol. The Morgan fingerprint density at radius 3 is 1.70 bits per heavy atom. The van der Waals surface area contributed by atoms with E-state index in [1.165, 1.54) is 31.3 Å². The van der Waals surface area contributed by atoms with Crippen LogP contribution in [-0.2, 0) is 6.42 Å². The molecule has 1 heterocycles. The van der Waals surface area contributed by atoms with Crippen LogP contribution in [0.2, 0.25) is 0 Å². The molecule has 0 amide bonds.